The van der Waals surface area contributed by atoms with E-state index in [1.165, 1.54) is 0 Å². The third-order valence-electron chi connectivity index (χ3n) is 4.56. The number of para-hydroxylation sites is 1. The van der Waals surface area contributed by atoms with Gasteiger partial charge in [-0.2, -0.15) is 0 Å². The van der Waals surface area contributed by atoms with E-state index in [0.717, 1.165) is 42.4 Å². The van der Waals surface area contributed by atoms with Gasteiger partial charge in [-0.05, 0) is 74.7 Å². The van der Waals surface area contributed by atoms with Crippen LogP contribution >= 0.6 is 31.9 Å². The lowest BCUT2D eigenvalue weighted by Gasteiger charge is -2.12. The summed E-state index contributed by atoms with van der Waals surface area (Å²) in [4.78, 5) is 17.9. The van der Waals surface area contributed by atoms with E-state index >= 15 is 0 Å². The summed E-state index contributed by atoms with van der Waals surface area (Å²) < 4.78 is 1.81. The smallest absolute Gasteiger partial charge is 0.256 e. The minimum Gasteiger partial charge on any atom is -0.322 e. The Morgan fingerprint density at radius 3 is 2.43 bits per heavy atom. The molecule has 3 aromatic carbocycles. The van der Waals surface area contributed by atoms with Crippen molar-refractivity contribution >= 4 is 54.4 Å². The first-order chi connectivity index (χ1) is 13.5. The molecule has 1 N–H and O–H groups in total. The predicted octanol–water partition coefficient (Wildman–Crippen LogP) is 6.99. The van der Waals surface area contributed by atoms with Gasteiger partial charge in [0.1, 0.15) is 0 Å². The molecule has 3 nitrogen and oxygen atoms in total. The lowest BCUT2D eigenvalue weighted by molar-refractivity contribution is 0.102. The molecule has 0 aliphatic rings. The van der Waals surface area contributed by atoms with Crippen molar-refractivity contribution in [3.63, 3.8) is 0 Å². The van der Waals surface area contributed by atoms with E-state index in [0.29, 0.717) is 5.56 Å². The van der Waals surface area contributed by atoms with Gasteiger partial charge in [0.15, 0.2) is 0 Å². The Labute approximate surface area is 180 Å². The zero-order valence-corrected chi connectivity index (χ0v) is 18.2. The van der Waals surface area contributed by atoms with Crippen LogP contribution in [0.1, 0.15) is 15.9 Å². The number of benzene rings is 3. The SMILES string of the molecule is Cc1ccccc1-c1cc(C(=O)Nc2ccc(Br)c(Br)c2)c2ccccc2n1. The van der Waals surface area contributed by atoms with Crippen LogP contribution in [0, 0.1) is 6.92 Å². The zero-order valence-electron chi connectivity index (χ0n) is 15.0. The third-order valence-corrected chi connectivity index (χ3v) is 6.44. The Morgan fingerprint density at radius 1 is 0.893 bits per heavy atom. The van der Waals surface area contributed by atoms with Gasteiger partial charge in [0.05, 0.1) is 16.8 Å². The number of anilines is 1. The van der Waals surface area contributed by atoms with Gasteiger partial charge in [-0.25, -0.2) is 4.98 Å². The molecule has 0 aliphatic heterocycles. The molecule has 0 spiro atoms. The molecule has 0 atom stereocenters. The van der Waals surface area contributed by atoms with Gasteiger partial charge in [-0.15, -0.1) is 0 Å². The monoisotopic (exact) mass is 494 g/mol. The Balaban J connectivity index is 1.82. The van der Waals surface area contributed by atoms with E-state index in [1.807, 2.05) is 79.7 Å². The second kappa shape index (κ2) is 7.86. The number of hydrogen-bond acceptors (Lipinski definition) is 2. The van der Waals surface area contributed by atoms with Crippen LogP contribution in [-0.4, -0.2) is 10.9 Å². The van der Waals surface area contributed by atoms with Crippen LogP contribution in [0.25, 0.3) is 22.2 Å². The average molecular weight is 496 g/mol. The summed E-state index contributed by atoms with van der Waals surface area (Å²) >= 11 is 6.92. The summed E-state index contributed by atoms with van der Waals surface area (Å²) in [6, 6.07) is 23.3. The Kier molecular flexibility index (Phi) is 5.29. The highest BCUT2D eigenvalue weighted by atomic mass is 79.9. The predicted molar refractivity (Wildman–Crippen MR) is 122 cm³/mol. The Hall–Kier alpha value is -2.50. The van der Waals surface area contributed by atoms with E-state index < -0.39 is 0 Å². The first-order valence-electron chi connectivity index (χ1n) is 8.75. The summed E-state index contributed by atoms with van der Waals surface area (Å²) in [6.45, 7) is 2.05. The highest BCUT2D eigenvalue weighted by Crippen LogP contribution is 2.29. The van der Waals surface area contributed by atoms with Crippen molar-refractivity contribution in [2.75, 3.05) is 5.32 Å². The van der Waals surface area contributed by atoms with Crippen LogP contribution < -0.4 is 5.32 Å². The highest BCUT2D eigenvalue weighted by molar-refractivity contribution is 9.13. The number of hydrogen-bond donors (Lipinski definition) is 1. The summed E-state index contributed by atoms with van der Waals surface area (Å²) in [5.74, 6) is -0.164. The maximum absolute atomic E-state index is 13.1. The summed E-state index contributed by atoms with van der Waals surface area (Å²) in [7, 11) is 0. The fourth-order valence-corrected chi connectivity index (χ4v) is 3.76. The number of halogens is 2. The molecule has 0 saturated carbocycles. The van der Waals surface area contributed by atoms with Crippen LogP contribution in [0.4, 0.5) is 5.69 Å². The molecule has 0 bridgehead atoms. The van der Waals surface area contributed by atoms with Crippen molar-refractivity contribution in [2.24, 2.45) is 0 Å². The van der Waals surface area contributed by atoms with Gasteiger partial charge in [0, 0.05) is 25.6 Å². The summed E-state index contributed by atoms with van der Waals surface area (Å²) in [5.41, 5.74) is 5.05. The van der Waals surface area contributed by atoms with Crippen LogP contribution in [-0.2, 0) is 0 Å². The standard InChI is InChI=1S/C23H16Br2N2O/c1-14-6-2-3-7-16(14)22-13-18(17-8-4-5-9-21(17)27-22)23(28)26-15-10-11-19(24)20(25)12-15/h2-13H,1H3,(H,26,28). The van der Waals surface area contributed by atoms with Gasteiger partial charge in [0.2, 0.25) is 0 Å². The topological polar surface area (TPSA) is 42.0 Å². The van der Waals surface area contributed by atoms with Crippen molar-refractivity contribution in [3.8, 4) is 11.3 Å². The quantitative estimate of drug-likeness (QED) is 0.333. The molecule has 4 rings (SSSR count). The van der Waals surface area contributed by atoms with Crippen molar-refractivity contribution in [1.29, 1.82) is 0 Å². The number of amides is 1. The lowest BCUT2D eigenvalue weighted by Crippen LogP contribution is -2.13. The van der Waals surface area contributed by atoms with E-state index in [9.17, 15) is 4.79 Å². The summed E-state index contributed by atoms with van der Waals surface area (Å²) in [6.07, 6.45) is 0. The number of fused-ring (bicyclic) bond motifs is 1. The maximum atomic E-state index is 13.1. The third kappa shape index (κ3) is 3.73. The Morgan fingerprint density at radius 2 is 1.64 bits per heavy atom. The Bertz CT molecular complexity index is 1200. The molecule has 1 aromatic heterocycles. The number of aryl methyl sites for hydroxylation is 1. The molecule has 138 valence electrons. The molecular weight excluding hydrogens is 480 g/mol. The molecular formula is C23H16Br2N2O. The van der Waals surface area contributed by atoms with E-state index in [4.69, 9.17) is 4.98 Å². The zero-order chi connectivity index (χ0) is 19.7. The molecule has 0 fully saturated rings. The minimum atomic E-state index is -0.164. The van der Waals surface area contributed by atoms with Crippen molar-refractivity contribution in [3.05, 3.63) is 92.9 Å². The van der Waals surface area contributed by atoms with Crippen molar-refractivity contribution < 1.29 is 4.79 Å². The number of pyridine rings is 1. The molecule has 0 aliphatic carbocycles. The number of rotatable bonds is 3. The first-order valence-corrected chi connectivity index (χ1v) is 10.3. The molecule has 5 heteroatoms. The molecule has 0 unspecified atom stereocenters. The summed E-state index contributed by atoms with van der Waals surface area (Å²) in [5, 5.41) is 3.82. The highest BCUT2D eigenvalue weighted by Gasteiger charge is 2.15. The molecule has 0 radical (unpaired) electrons. The molecule has 1 heterocycles. The number of aromatic nitrogens is 1. The van der Waals surface area contributed by atoms with Gasteiger partial charge in [-0.3, -0.25) is 4.79 Å². The largest absolute Gasteiger partial charge is 0.322 e. The van der Waals surface area contributed by atoms with Crippen LogP contribution in [0.5, 0.6) is 0 Å². The van der Waals surface area contributed by atoms with E-state index in [1.54, 1.807) is 0 Å². The van der Waals surface area contributed by atoms with E-state index in [-0.39, 0.29) is 5.91 Å². The van der Waals surface area contributed by atoms with Gasteiger partial charge >= 0.3 is 0 Å². The fraction of sp³-hybridized carbons (Fsp3) is 0.0435. The number of carbonyl (C=O) groups excluding carboxylic acids is 1. The van der Waals surface area contributed by atoms with Crippen LogP contribution in [0.3, 0.4) is 0 Å². The fourth-order valence-electron chi connectivity index (χ4n) is 3.13. The average Bonchev–Trinajstić information content (AvgIpc) is 2.70. The number of nitrogens with one attached hydrogen (secondary N) is 1. The van der Waals surface area contributed by atoms with Crippen molar-refractivity contribution in [1.82, 2.24) is 4.98 Å². The molecule has 1 amide bonds. The molecule has 0 saturated heterocycles. The van der Waals surface area contributed by atoms with Crippen LogP contribution in [0.2, 0.25) is 0 Å². The maximum Gasteiger partial charge on any atom is 0.256 e. The lowest BCUT2D eigenvalue weighted by atomic mass is 10.0. The van der Waals surface area contributed by atoms with Gasteiger partial charge < -0.3 is 5.32 Å². The van der Waals surface area contributed by atoms with Gasteiger partial charge in [-0.1, -0.05) is 42.5 Å². The van der Waals surface area contributed by atoms with Gasteiger partial charge in [0.25, 0.3) is 5.91 Å². The van der Waals surface area contributed by atoms with Crippen LogP contribution in [0.15, 0.2) is 81.7 Å². The molecule has 4 aromatic rings. The molecule has 28 heavy (non-hydrogen) atoms. The second-order valence-corrected chi connectivity index (χ2v) is 8.18. The van der Waals surface area contributed by atoms with Crippen molar-refractivity contribution in [2.45, 2.75) is 6.92 Å². The normalized spacial score (nSPS) is 10.8. The number of carbonyl (C=O) groups is 1. The second-order valence-electron chi connectivity index (χ2n) is 6.47. The van der Waals surface area contributed by atoms with E-state index in [2.05, 4.69) is 37.2 Å². The number of nitrogens with zero attached hydrogens (tertiary/aromatic N) is 1. The minimum absolute atomic E-state index is 0.164. The first kappa shape index (κ1) is 18.8.